The second-order valence-corrected chi connectivity index (χ2v) is 8.57. The van der Waals surface area contributed by atoms with E-state index in [-0.39, 0.29) is 23.6 Å². The van der Waals surface area contributed by atoms with Crippen molar-refractivity contribution in [2.45, 2.75) is 12.6 Å². The zero-order chi connectivity index (χ0) is 26.1. The van der Waals surface area contributed by atoms with Gasteiger partial charge in [-0.1, -0.05) is 36.4 Å². The summed E-state index contributed by atoms with van der Waals surface area (Å²) in [5.41, 5.74) is 1.02. The fourth-order valence-corrected chi connectivity index (χ4v) is 4.54. The van der Waals surface area contributed by atoms with E-state index in [1.54, 1.807) is 62.0 Å². The van der Waals surface area contributed by atoms with Crippen LogP contribution in [0.1, 0.15) is 22.7 Å². The minimum Gasteiger partial charge on any atom is -0.507 e. The van der Waals surface area contributed by atoms with Crippen LogP contribution in [0.15, 0.2) is 90.8 Å². The summed E-state index contributed by atoms with van der Waals surface area (Å²) in [5, 5.41) is 24.5. The number of amides is 1. The van der Waals surface area contributed by atoms with Crippen LogP contribution in [0, 0.1) is 10.1 Å². The van der Waals surface area contributed by atoms with E-state index in [9.17, 15) is 24.8 Å². The molecule has 1 saturated heterocycles. The summed E-state index contributed by atoms with van der Waals surface area (Å²) in [7, 11) is 1.57. The number of ketones is 1. The lowest BCUT2D eigenvalue weighted by Crippen LogP contribution is -2.29. The Bertz CT molecular complexity index is 1580. The molecule has 0 radical (unpaired) electrons. The lowest BCUT2D eigenvalue weighted by Gasteiger charge is -2.25. The third kappa shape index (κ3) is 4.38. The predicted octanol–water partition coefficient (Wildman–Crippen LogP) is 4.77. The van der Waals surface area contributed by atoms with E-state index in [1.165, 1.54) is 23.1 Å². The van der Waals surface area contributed by atoms with Gasteiger partial charge in [0.15, 0.2) is 0 Å². The molecule has 9 nitrogen and oxygen atoms in total. The fraction of sp³-hybridized carbons (Fsp3) is 0.107. The molecule has 1 N–H and O–H groups in total. The van der Waals surface area contributed by atoms with Crippen LogP contribution in [0.5, 0.6) is 5.75 Å². The molecule has 1 aromatic heterocycles. The lowest BCUT2D eigenvalue weighted by molar-refractivity contribution is -0.384. The molecule has 1 unspecified atom stereocenters. The van der Waals surface area contributed by atoms with E-state index < -0.39 is 22.7 Å². The van der Waals surface area contributed by atoms with Gasteiger partial charge in [-0.3, -0.25) is 24.7 Å². The van der Waals surface area contributed by atoms with E-state index in [0.29, 0.717) is 22.4 Å². The SMILES string of the molecule is COc1ccc2cc(/C(O)=C3\C(=O)C(=O)N(Cc4cccnc4)C3c3cccc([N+](=O)[O-])c3)ccc2c1. The van der Waals surface area contributed by atoms with E-state index in [0.717, 1.165) is 10.8 Å². The predicted molar refractivity (Wildman–Crippen MR) is 136 cm³/mol. The Morgan fingerprint density at radius 3 is 2.57 bits per heavy atom. The standard InChI is InChI=1S/C28H21N3O6/c1-37-23-10-9-18-12-21(8-7-19(18)14-23)26(32)24-25(20-5-2-6-22(13-20)31(35)36)30(28(34)27(24)33)16-17-4-3-11-29-15-17/h2-15,25,32H,16H2,1H3/b26-24+. The zero-order valence-corrected chi connectivity index (χ0v) is 19.7. The highest BCUT2D eigenvalue weighted by Gasteiger charge is 2.46. The second kappa shape index (κ2) is 9.54. The van der Waals surface area contributed by atoms with Gasteiger partial charge in [0.25, 0.3) is 17.4 Å². The summed E-state index contributed by atoms with van der Waals surface area (Å²) in [6.45, 7) is 0.0278. The number of benzene rings is 3. The Balaban J connectivity index is 1.67. The van der Waals surface area contributed by atoms with Crippen LogP contribution in [-0.4, -0.2) is 38.7 Å². The van der Waals surface area contributed by atoms with Crippen molar-refractivity contribution in [1.29, 1.82) is 0 Å². The summed E-state index contributed by atoms with van der Waals surface area (Å²) in [6.07, 6.45) is 3.16. The molecule has 184 valence electrons. The average molecular weight is 495 g/mol. The number of hydrogen-bond acceptors (Lipinski definition) is 7. The average Bonchev–Trinajstić information content (AvgIpc) is 3.17. The highest BCUT2D eigenvalue weighted by atomic mass is 16.6. The van der Waals surface area contributed by atoms with Crippen molar-refractivity contribution in [3.63, 3.8) is 0 Å². The summed E-state index contributed by atoms with van der Waals surface area (Å²) >= 11 is 0. The number of non-ortho nitro benzene ring substituents is 1. The van der Waals surface area contributed by atoms with Crippen molar-refractivity contribution in [2.24, 2.45) is 0 Å². The number of fused-ring (bicyclic) bond motifs is 1. The minimum atomic E-state index is -1.04. The normalized spacial score (nSPS) is 16.8. The number of ether oxygens (including phenoxy) is 1. The monoisotopic (exact) mass is 495 g/mol. The van der Waals surface area contributed by atoms with Crippen LogP contribution in [-0.2, 0) is 16.1 Å². The van der Waals surface area contributed by atoms with Gasteiger partial charge in [0.2, 0.25) is 0 Å². The molecule has 0 spiro atoms. The van der Waals surface area contributed by atoms with Crippen molar-refractivity contribution in [1.82, 2.24) is 9.88 Å². The zero-order valence-electron chi connectivity index (χ0n) is 19.7. The number of nitro benzene ring substituents is 1. The molecule has 1 fully saturated rings. The highest BCUT2D eigenvalue weighted by molar-refractivity contribution is 6.46. The van der Waals surface area contributed by atoms with Crippen LogP contribution in [0.4, 0.5) is 5.69 Å². The van der Waals surface area contributed by atoms with Crippen LogP contribution < -0.4 is 4.74 Å². The Morgan fingerprint density at radius 1 is 1.05 bits per heavy atom. The maximum atomic E-state index is 13.3. The van der Waals surface area contributed by atoms with Crippen LogP contribution >= 0.6 is 0 Å². The van der Waals surface area contributed by atoms with Gasteiger partial charge in [-0.25, -0.2) is 0 Å². The van der Waals surface area contributed by atoms with Gasteiger partial charge in [-0.05, 0) is 46.2 Å². The Kier molecular flexibility index (Phi) is 6.10. The van der Waals surface area contributed by atoms with Gasteiger partial charge < -0.3 is 14.7 Å². The molecular weight excluding hydrogens is 474 g/mol. The number of rotatable bonds is 6. The topological polar surface area (TPSA) is 123 Å². The number of hydrogen-bond donors (Lipinski definition) is 1. The van der Waals surface area contributed by atoms with Gasteiger partial charge in [0.1, 0.15) is 11.5 Å². The van der Waals surface area contributed by atoms with Gasteiger partial charge >= 0.3 is 0 Å². The van der Waals surface area contributed by atoms with E-state index in [1.807, 2.05) is 12.1 Å². The summed E-state index contributed by atoms with van der Waals surface area (Å²) in [5.74, 6) is -1.36. The molecule has 0 saturated carbocycles. The van der Waals surface area contributed by atoms with Crippen molar-refractivity contribution >= 4 is 33.9 Å². The number of Topliss-reactive ketones (excluding diaryl/α,β-unsaturated/α-hetero) is 1. The minimum absolute atomic E-state index is 0.0278. The third-order valence-electron chi connectivity index (χ3n) is 6.33. The Morgan fingerprint density at radius 2 is 1.84 bits per heavy atom. The number of nitro groups is 1. The summed E-state index contributed by atoms with van der Waals surface area (Å²) < 4.78 is 5.26. The highest BCUT2D eigenvalue weighted by Crippen LogP contribution is 2.41. The number of aromatic nitrogens is 1. The number of nitrogens with zero attached hydrogens (tertiary/aromatic N) is 3. The number of carbonyl (C=O) groups excluding carboxylic acids is 2. The van der Waals surface area contributed by atoms with E-state index in [2.05, 4.69) is 4.98 Å². The van der Waals surface area contributed by atoms with Gasteiger partial charge in [0.05, 0.1) is 23.6 Å². The molecule has 37 heavy (non-hydrogen) atoms. The Labute approximate surface area is 211 Å². The lowest BCUT2D eigenvalue weighted by atomic mass is 9.94. The molecule has 1 amide bonds. The third-order valence-corrected chi connectivity index (χ3v) is 6.33. The summed E-state index contributed by atoms with van der Waals surface area (Å²) in [6, 6.07) is 18.7. The molecular formula is C28H21N3O6. The number of carbonyl (C=O) groups is 2. The number of aliphatic hydroxyl groups is 1. The molecule has 9 heteroatoms. The number of methoxy groups -OCH3 is 1. The first kappa shape index (κ1) is 23.7. The van der Waals surface area contributed by atoms with Crippen molar-refractivity contribution in [3.05, 3.63) is 118 Å². The van der Waals surface area contributed by atoms with E-state index >= 15 is 0 Å². The summed E-state index contributed by atoms with van der Waals surface area (Å²) in [4.78, 5) is 42.8. The maximum Gasteiger partial charge on any atom is 0.295 e. The molecule has 1 aliphatic rings. The first-order valence-corrected chi connectivity index (χ1v) is 11.4. The molecule has 1 atom stereocenters. The Hall–Kier alpha value is -5.05. The molecule has 1 aliphatic heterocycles. The van der Waals surface area contributed by atoms with Crippen molar-refractivity contribution in [3.8, 4) is 5.75 Å². The maximum absolute atomic E-state index is 13.3. The second-order valence-electron chi connectivity index (χ2n) is 8.57. The number of aliphatic hydroxyl groups excluding tert-OH is 1. The van der Waals surface area contributed by atoms with Crippen molar-refractivity contribution < 1.29 is 24.4 Å². The van der Waals surface area contributed by atoms with Crippen LogP contribution in [0.25, 0.3) is 16.5 Å². The molecule has 5 rings (SSSR count). The first-order chi connectivity index (χ1) is 17.9. The molecule has 0 aliphatic carbocycles. The van der Waals surface area contributed by atoms with Gasteiger partial charge in [-0.2, -0.15) is 0 Å². The van der Waals surface area contributed by atoms with Gasteiger partial charge in [-0.15, -0.1) is 0 Å². The fourth-order valence-electron chi connectivity index (χ4n) is 4.54. The quantitative estimate of drug-likeness (QED) is 0.134. The molecule has 4 aromatic rings. The number of pyridine rings is 1. The molecule has 0 bridgehead atoms. The first-order valence-electron chi connectivity index (χ1n) is 11.4. The van der Waals surface area contributed by atoms with Crippen LogP contribution in [0.3, 0.4) is 0 Å². The molecule has 2 heterocycles. The van der Waals surface area contributed by atoms with Gasteiger partial charge in [0, 0.05) is 36.6 Å². The molecule has 3 aromatic carbocycles. The van der Waals surface area contributed by atoms with E-state index in [4.69, 9.17) is 4.74 Å². The van der Waals surface area contributed by atoms with Crippen molar-refractivity contribution in [2.75, 3.05) is 7.11 Å². The number of likely N-dealkylation sites (tertiary alicyclic amines) is 1. The van der Waals surface area contributed by atoms with Crippen LogP contribution in [0.2, 0.25) is 0 Å². The largest absolute Gasteiger partial charge is 0.507 e. The smallest absolute Gasteiger partial charge is 0.295 e.